The zero-order valence-electron chi connectivity index (χ0n) is 13.2. The van der Waals surface area contributed by atoms with Crippen LogP contribution in [0.15, 0.2) is 29.2 Å². The van der Waals surface area contributed by atoms with Crippen molar-refractivity contribution in [2.24, 2.45) is 5.41 Å². The molecule has 0 aliphatic carbocycles. The Balaban J connectivity index is 2.76. The third-order valence-corrected chi connectivity index (χ3v) is 6.64. The van der Waals surface area contributed by atoms with Crippen LogP contribution in [-0.4, -0.2) is 26.6 Å². The molecular weight excluding hydrogens is 306 g/mol. The van der Waals surface area contributed by atoms with E-state index in [1.807, 2.05) is 19.1 Å². The molecule has 0 atom stereocenters. The lowest BCUT2D eigenvalue weighted by Crippen LogP contribution is -2.30. The molecule has 21 heavy (non-hydrogen) atoms. The molecule has 0 aliphatic rings. The van der Waals surface area contributed by atoms with Crippen LogP contribution in [0.5, 0.6) is 0 Å². The van der Waals surface area contributed by atoms with E-state index in [1.54, 1.807) is 12.1 Å². The first-order valence-corrected chi connectivity index (χ1v) is 9.74. The quantitative estimate of drug-likeness (QED) is 0.685. The van der Waals surface area contributed by atoms with Crippen LogP contribution in [0.1, 0.15) is 40.0 Å². The summed E-state index contributed by atoms with van der Waals surface area (Å²) in [5.41, 5.74) is 1.02. The summed E-state index contributed by atoms with van der Waals surface area (Å²) in [6.45, 7) is 6.96. The molecule has 0 saturated carbocycles. The number of rotatable bonds is 9. The maximum atomic E-state index is 12.0. The van der Waals surface area contributed by atoms with Gasteiger partial charge in [-0.2, -0.15) is 0 Å². The van der Waals surface area contributed by atoms with Gasteiger partial charge >= 0.3 is 0 Å². The molecule has 0 aromatic heterocycles. The molecule has 1 aromatic rings. The first-order chi connectivity index (χ1) is 9.93. The van der Waals surface area contributed by atoms with Crippen LogP contribution in [0.4, 0.5) is 5.69 Å². The monoisotopic (exact) mass is 331 g/mol. The molecule has 1 rings (SSSR count). The first kappa shape index (κ1) is 18.3. The molecule has 0 unspecified atom stereocenters. The summed E-state index contributed by atoms with van der Waals surface area (Å²) < 4.78 is 23.9. The zero-order chi connectivity index (χ0) is 15.9. The highest BCUT2D eigenvalue weighted by atomic mass is 35.5. The maximum absolute atomic E-state index is 12.0. The van der Waals surface area contributed by atoms with Gasteiger partial charge in [-0.15, -0.1) is 11.6 Å². The number of nitrogens with one attached hydrogen (secondary N) is 1. The summed E-state index contributed by atoms with van der Waals surface area (Å²) in [5, 5.41) is 3.37. The van der Waals surface area contributed by atoms with E-state index in [1.165, 1.54) is 0 Å². The fourth-order valence-corrected chi connectivity index (χ4v) is 3.99. The van der Waals surface area contributed by atoms with Gasteiger partial charge < -0.3 is 5.32 Å². The fourth-order valence-electron chi connectivity index (χ4n) is 2.19. The number of hydrogen-bond acceptors (Lipinski definition) is 3. The SMILES string of the molecule is CCCS(=O)(=O)c1ccc(NCC(CC)(CC)CCl)cc1. The smallest absolute Gasteiger partial charge is 0.178 e. The number of hydrogen-bond donors (Lipinski definition) is 1. The van der Waals surface area contributed by atoms with Crippen molar-refractivity contribution in [3.8, 4) is 0 Å². The molecule has 0 fully saturated rings. The Hall–Kier alpha value is -0.740. The average Bonchev–Trinajstić information content (AvgIpc) is 2.50. The Morgan fingerprint density at radius 3 is 2.10 bits per heavy atom. The summed E-state index contributed by atoms with van der Waals surface area (Å²) in [4.78, 5) is 0.393. The van der Waals surface area contributed by atoms with Crippen LogP contribution in [0, 0.1) is 5.41 Å². The fraction of sp³-hybridized carbons (Fsp3) is 0.625. The summed E-state index contributed by atoms with van der Waals surface area (Å²) in [7, 11) is -3.13. The lowest BCUT2D eigenvalue weighted by molar-refractivity contribution is 0.327. The van der Waals surface area contributed by atoms with Crippen LogP contribution < -0.4 is 5.32 Å². The highest BCUT2D eigenvalue weighted by Crippen LogP contribution is 2.28. The molecule has 0 amide bonds. The van der Waals surface area contributed by atoms with Crippen molar-refractivity contribution in [1.29, 1.82) is 0 Å². The second kappa shape index (κ2) is 8.04. The van der Waals surface area contributed by atoms with Crippen LogP contribution in [0.25, 0.3) is 0 Å². The number of halogens is 1. The van der Waals surface area contributed by atoms with Gasteiger partial charge in [0.1, 0.15) is 0 Å². The average molecular weight is 332 g/mol. The van der Waals surface area contributed by atoms with E-state index in [0.717, 1.165) is 25.1 Å². The van der Waals surface area contributed by atoms with Gasteiger partial charge in [0, 0.05) is 23.5 Å². The lowest BCUT2D eigenvalue weighted by Gasteiger charge is -2.30. The molecular formula is C16H26ClNO2S. The highest BCUT2D eigenvalue weighted by Gasteiger charge is 2.24. The molecule has 1 aromatic carbocycles. The third-order valence-electron chi connectivity index (χ3n) is 4.14. The molecule has 0 heterocycles. The number of benzene rings is 1. The predicted molar refractivity (Wildman–Crippen MR) is 91.0 cm³/mol. The molecule has 0 bridgehead atoms. The predicted octanol–water partition coefficient (Wildman–Crippen LogP) is 4.33. The number of sulfone groups is 1. The van der Waals surface area contributed by atoms with Crippen molar-refractivity contribution in [3.63, 3.8) is 0 Å². The Bertz CT molecular complexity index is 513. The second-order valence-corrected chi connectivity index (χ2v) is 7.91. The van der Waals surface area contributed by atoms with Gasteiger partial charge in [0.05, 0.1) is 10.6 Å². The molecule has 0 radical (unpaired) electrons. The van der Waals surface area contributed by atoms with Crippen LogP contribution in [0.3, 0.4) is 0 Å². The van der Waals surface area contributed by atoms with E-state index in [0.29, 0.717) is 17.2 Å². The van der Waals surface area contributed by atoms with Crippen molar-refractivity contribution in [1.82, 2.24) is 0 Å². The second-order valence-electron chi connectivity index (χ2n) is 5.54. The normalized spacial score (nSPS) is 12.4. The molecule has 1 N–H and O–H groups in total. The van der Waals surface area contributed by atoms with Gasteiger partial charge in [-0.1, -0.05) is 20.8 Å². The summed E-state index contributed by atoms with van der Waals surface area (Å²) in [6, 6.07) is 7.00. The van der Waals surface area contributed by atoms with E-state index in [2.05, 4.69) is 19.2 Å². The minimum atomic E-state index is -3.13. The van der Waals surface area contributed by atoms with Gasteiger partial charge in [-0.25, -0.2) is 8.42 Å². The van der Waals surface area contributed by atoms with E-state index >= 15 is 0 Å². The Morgan fingerprint density at radius 1 is 1.10 bits per heavy atom. The third kappa shape index (κ3) is 4.89. The molecule has 0 aliphatic heterocycles. The Labute approximate surface area is 134 Å². The van der Waals surface area contributed by atoms with Gasteiger partial charge in [0.2, 0.25) is 0 Å². The lowest BCUT2D eigenvalue weighted by atomic mass is 9.84. The van der Waals surface area contributed by atoms with Gasteiger partial charge in [-0.05, 0) is 43.5 Å². The van der Waals surface area contributed by atoms with Crippen LogP contribution in [0.2, 0.25) is 0 Å². The topological polar surface area (TPSA) is 46.2 Å². The summed E-state index contributed by atoms with van der Waals surface area (Å²) in [5.74, 6) is 0.816. The molecule has 3 nitrogen and oxygen atoms in total. The van der Waals surface area contributed by atoms with E-state index in [-0.39, 0.29) is 11.2 Å². The van der Waals surface area contributed by atoms with Crippen LogP contribution >= 0.6 is 11.6 Å². The Morgan fingerprint density at radius 2 is 1.67 bits per heavy atom. The van der Waals surface area contributed by atoms with Crippen molar-refractivity contribution < 1.29 is 8.42 Å². The number of anilines is 1. The minimum Gasteiger partial charge on any atom is -0.384 e. The van der Waals surface area contributed by atoms with Gasteiger partial charge in [0.15, 0.2) is 9.84 Å². The Kier molecular flexibility index (Phi) is 7.01. The molecule has 5 heteroatoms. The number of alkyl halides is 1. The summed E-state index contributed by atoms with van der Waals surface area (Å²) in [6.07, 6.45) is 2.67. The first-order valence-electron chi connectivity index (χ1n) is 7.55. The zero-order valence-corrected chi connectivity index (χ0v) is 14.7. The van der Waals surface area contributed by atoms with E-state index in [9.17, 15) is 8.42 Å². The largest absolute Gasteiger partial charge is 0.384 e. The maximum Gasteiger partial charge on any atom is 0.178 e. The molecule has 0 spiro atoms. The van der Waals surface area contributed by atoms with E-state index in [4.69, 9.17) is 11.6 Å². The van der Waals surface area contributed by atoms with E-state index < -0.39 is 9.84 Å². The van der Waals surface area contributed by atoms with Crippen molar-refractivity contribution >= 4 is 27.1 Å². The van der Waals surface area contributed by atoms with Crippen molar-refractivity contribution in [2.45, 2.75) is 44.9 Å². The van der Waals surface area contributed by atoms with Crippen molar-refractivity contribution in [3.05, 3.63) is 24.3 Å². The van der Waals surface area contributed by atoms with Crippen LogP contribution in [-0.2, 0) is 9.84 Å². The highest BCUT2D eigenvalue weighted by molar-refractivity contribution is 7.91. The van der Waals surface area contributed by atoms with Crippen molar-refractivity contribution in [2.75, 3.05) is 23.5 Å². The standard InChI is InChI=1S/C16H26ClNO2S/c1-4-11-21(19,20)15-9-7-14(8-10-15)18-13-16(5-2,6-3)12-17/h7-10,18H,4-6,11-13H2,1-3H3. The summed E-state index contributed by atoms with van der Waals surface area (Å²) >= 11 is 6.09. The molecule has 0 saturated heterocycles. The van der Waals surface area contributed by atoms with Gasteiger partial charge in [0.25, 0.3) is 0 Å². The minimum absolute atomic E-state index is 0.0918. The molecule has 120 valence electrons. The van der Waals surface area contributed by atoms with Gasteiger partial charge in [-0.3, -0.25) is 0 Å².